The SMILES string of the molecule is O[C@@H]1[C@H]2O[C@@H]2C[C@@H]1O. The summed E-state index contributed by atoms with van der Waals surface area (Å²) in [5.41, 5.74) is 0. The van der Waals surface area contributed by atoms with Gasteiger partial charge in [0, 0.05) is 6.42 Å². The minimum absolute atomic E-state index is 0.0370. The number of hydrogen-bond acceptors (Lipinski definition) is 3. The quantitative estimate of drug-likeness (QED) is 0.394. The number of aliphatic hydroxyl groups is 2. The molecule has 0 aromatic carbocycles. The van der Waals surface area contributed by atoms with Gasteiger partial charge >= 0.3 is 0 Å². The molecule has 0 spiro atoms. The molecule has 0 bridgehead atoms. The number of ether oxygens (including phenoxy) is 1. The molecule has 2 N–H and O–H groups in total. The van der Waals surface area contributed by atoms with Crippen LogP contribution in [0.15, 0.2) is 0 Å². The Hall–Kier alpha value is -0.120. The third-order valence-electron chi connectivity index (χ3n) is 1.83. The topological polar surface area (TPSA) is 53.0 Å². The summed E-state index contributed by atoms with van der Waals surface area (Å²) < 4.78 is 4.93. The fraction of sp³-hybridized carbons (Fsp3) is 1.00. The fourth-order valence-corrected chi connectivity index (χ4v) is 1.24. The lowest BCUT2D eigenvalue weighted by Gasteiger charge is -2.07. The summed E-state index contributed by atoms with van der Waals surface area (Å²) in [7, 11) is 0. The van der Waals surface area contributed by atoms with Gasteiger partial charge in [-0.15, -0.1) is 0 Å². The van der Waals surface area contributed by atoms with Crippen LogP contribution in [0.3, 0.4) is 0 Å². The molecular weight excluding hydrogens is 108 g/mol. The number of hydrogen-bond donors (Lipinski definition) is 2. The summed E-state index contributed by atoms with van der Waals surface area (Å²) in [4.78, 5) is 0. The molecule has 3 heteroatoms. The zero-order chi connectivity index (χ0) is 5.72. The van der Waals surface area contributed by atoms with Crippen molar-refractivity contribution in [2.75, 3.05) is 0 Å². The Morgan fingerprint density at radius 3 is 2.38 bits per heavy atom. The van der Waals surface area contributed by atoms with Crippen molar-refractivity contribution in [3.05, 3.63) is 0 Å². The van der Waals surface area contributed by atoms with Crippen molar-refractivity contribution in [3.63, 3.8) is 0 Å². The van der Waals surface area contributed by atoms with Gasteiger partial charge in [-0.3, -0.25) is 0 Å². The van der Waals surface area contributed by atoms with Crippen molar-refractivity contribution in [2.45, 2.75) is 30.8 Å². The number of rotatable bonds is 0. The van der Waals surface area contributed by atoms with E-state index >= 15 is 0 Å². The van der Waals surface area contributed by atoms with E-state index in [0.29, 0.717) is 6.42 Å². The van der Waals surface area contributed by atoms with E-state index in [-0.39, 0.29) is 12.2 Å². The molecule has 2 rings (SSSR count). The Balaban J connectivity index is 2.08. The normalized spacial score (nSPS) is 60.8. The predicted molar refractivity (Wildman–Crippen MR) is 25.3 cm³/mol. The molecule has 1 heterocycles. The molecule has 2 fully saturated rings. The lowest BCUT2D eigenvalue weighted by atomic mass is 10.2. The highest BCUT2D eigenvalue weighted by molar-refractivity contribution is 5.02. The van der Waals surface area contributed by atoms with Crippen LogP contribution in [0.5, 0.6) is 0 Å². The molecule has 0 amide bonds. The van der Waals surface area contributed by atoms with Gasteiger partial charge in [-0.1, -0.05) is 0 Å². The summed E-state index contributed by atoms with van der Waals surface area (Å²) >= 11 is 0. The van der Waals surface area contributed by atoms with Crippen molar-refractivity contribution in [3.8, 4) is 0 Å². The lowest BCUT2D eigenvalue weighted by Crippen LogP contribution is -2.25. The second-order valence-corrected chi connectivity index (χ2v) is 2.43. The minimum Gasteiger partial charge on any atom is -0.390 e. The van der Waals surface area contributed by atoms with E-state index < -0.39 is 12.2 Å². The highest BCUT2D eigenvalue weighted by Crippen LogP contribution is 2.38. The van der Waals surface area contributed by atoms with Crippen LogP contribution in [0.2, 0.25) is 0 Å². The maximum absolute atomic E-state index is 8.93. The molecule has 46 valence electrons. The van der Waals surface area contributed by atoms with Crippen LogP contribution in [-0.4, -0.2) is 34.6 Å². The first kappa shape index (κ1) is 4.73. The van der Waals surface area contributed by atoms with Crippen molar-refractivity contribution >= 4 is 0 Å². The van der Waals surface area contributed by atoms with Gasteiger partial charge in [-0.25, -0.2) is 0 Å². The first-order valence-electron chi connectivity index (χ1n) is 2.80. The molecule has 0 radical (unpaired) electrons. The molecule has 4 atom stereocenters. The summed E-state index contributed by atoms with van der Waals surface area (Å²) in [5, 5.41) is 17.8. The summed E-state index contributed by atoms with van der Waals surface area (Å²) in [6, 6.07) is 0. The second-order valence-electron chi connectivity index (χ2n) is 2.43. The monoisotopic (exact) mass is 116 g/mol. The van der Waals surface area contributed by atoms with Gasteiger partial charge in [0.05, 0.1) is 12.2 Å². The third kappa shape index (κ3) is 0.438. The van der Waals surface area contributed by atoms with Crippen molar-refractivity contribution < 1.29 is 14.9 Å². The third-order valence-corrected chi connectivity index (χ3v) is 1.83. The molecule has 1 saturated heterocycles. The standard InChI is InChI=1S/C5H8O3/c6-2-1-3-5(8-3)4(2)7/h2-7H,1H2/t2-,3+,4-,5-/m0/s1. The molecule has 1 aliphatic carbocycles. The minimum atomic E-state index is -0.611. The average molecular weight is 116 g/mol. The van der Waals surface area contributed by atoms with Crippen molar-refractivity contribution in [1.82, 2.24) is 0 Å². The molecular formula is C5H8O3. The van der Waals surface area contributed by atoms with Crippen LogP contribution >= 0.6 is 0 Å². The number of aliphatic hydroxyl groups excluding tert-OH is 2. The Morgan fingerprint density at radius 1 is 1.38 bits per heavy atom. The van der Waals surface area contributed by atoms with E-state index in [1.54, 1.807) is 0 Å². The number of epoxide rings is 1. The van der Waals surface area contributed by atoms with Gasteiger partial charge in [0.25, 0.3) is 0 Å². The lowest BCUT2D eigenvalue weighted by molar-refractivity contribution is -0.000732. The van der Waals surface area contributed by atoms with Gasteiger partial charge in [0.15, 0.2) is 0 Å². The Labute approximate surface area is 46.9 Å². The summed E-state index contributed by atoms with van der Waals surface area (Å²) in [6.45, 7) is 0. The van der Waals surface area contributed by atoms with E-state index in [1.165, 1.54) is 0 Å². The first-order chi connectivity index (χ1) is 3.79. The van der Waals surface area contributed by atoms with Gasteiger partial charge in [-0.05, 0) is 0 Å². The molecule has 0 unspecified atom stereocenters. The maximum atomic E-state index is 8.93. The van der Waals surface area contributed by atoms with E-state index in [4.69, 9.17) is 14.9 Å². The molecule has 1 saturated carbocycles. The highest BCUT2D eigenvalue weighted by atomic mass is 16.6. The van der Waals surface area contributed by atoms with E-state index in [0.717, 1.165) is 0 Å². The van der Waals surface area contributed by atoms with E-state index in [1.807, 2.05) is 0 Å². The van der Waals surface area contributed by atoms with Crippen LogP contribution in [0.4, 0.5) is 0 Å². The van der Waals surface area contributed by atoms with Crippen LogP contribution in [0.25, 0.3) is 0 Å². The highest BCUT2D eigenvalue weighted by Gasteiger charge is 2.54. The number of fused-ring (bicyclic) bond motifs is 1. The van der Waals surface area contributed by atoms with Crippen LogP contribution < -0.4 is 0 Å². The summed E-state index contributed by atoms with van der Waals surface area (Å²) in [5.74, 6) is 0. The zero-order valence-electron chi connectivity index (χ0n) is 4.32. The molecule has 1 aliphatic heterocycles. The van der Waals surface area contributed by atoms with Gasteiger partial charge in [0.2, 0.25) is 0 Å². The first-order valence-corrected chi connectivity index (χ1v) is 2.80. The van der Waals surface area contributed by atoms with Crippen LogP contribution in [-0.2, 0) is 4.74 Å². The molecule has 0 aromatic rings. The average Bonchev–Trinajstić information content (AvgIpc) is 2.39. The molecule has 3 nitrogen and oxygen atoms in total. The smallest absolute Gasteiger partial charge is 0.113 e. The van der Waals surface area contributed by atoms with Crippen LogP contribution in [0, 0.1) is 0 Å². The summed E-state index contributed by atoms with van der Waals surface area (Å²) in [6.07, 6.45) is -0.394. The van der Waals surface area contributed by atoms with Crippen molar-refractivity contribution in [2.24, 2.45) is 0 Å². The van der Waals surface area contributed by atoms with Crippen LogP contribution in [0.1, 0.15) is 6.42 Å². The molecule has 8 heavy (non-hydrogen) atoms. The Bertz CT molecular complexity index is 112. The Morgan fingerprint density at radius 2 is 2.12 bits per heavy atom. The van der Waals surface area contributed by atoms with E-state index in [9.17, 15) is 0 Å². The van der Waals surface area contributed by atoms with Gasteiger partial charge in [0.1, 0.15) is 12.2 Å². The van der Waals surface area contributed by atoms with Gasteiger partial charge in [-0.2, -0.15) is 0 Å². The Kier molecular flexibility index (Phi) is 0.730. The molecule has 2 aliphatic rings. The predicted octanol–water partition coefficient (Wildman–Crippen LogP) is -1.12. The maximum Gasteiger partial charge on any atom is 0.113 e. The van der Waals surface area contributed by atoms with E-state index in [2.05, 4.69) is 0 Å². The largest absolute Gasteiger partial charge is 0.390 e. The second kappa shape index (κ2) is 1.23. The zero-order valence-corrected chi connectivity index (χ0v) is 4.32. The fourth-order valence-electron chi connectivity index (χ4n) is 1.24. The van der Waals surface area contributed by atoms with Gasteiger partial charge < -0.3 is 14.9 Å². The van der Waals surface area contributed by atoms with Crippen molar-refractivity contribution in [1.29, 1.82) is 0 Å². The molecule has 0 aromatic heterocycles.